The molecule has 2 aromatic rings. The van der Waals surface area contributed by atoms with Crippen LogP contribution >= 0.6 is 38.5 Å². The van der Waals surface area contributed by atoms with Crippen LogP contribution in [0.25, 0.3) is 0 Å². The van der Waals surface area contributed by atoms with Gasteiger partial charge in [0, 0.05) is 31.4 Å². The molecule has 0 aromatic carbocycles. The lowest BCUT2D eigenvalue weighted by Crippen LogP contribution is -2.00. The van der Waals surface area contributed by atoms with Crippen LogP contribution in [0.15, 0.2) is 18.6 Å². The fourth-order valence-corrected chi connectivity index (χ4v) is 3.05. The van der Waals surface area contributed by atoms with Gasteiger partial charge in [-0.1, -0.05) is 15.9 Å². The number of hydrogen-bond donors (Lipinski definition) is 1. The smallest absolute Gasteiger partial charge is 0.107 e. The molecule has 0 spiro atoms. The van der Waals surface area contributed by atoms with Crippen LogP contribution < -0.4 is 0 Å². The van der Waals surface area contributed by atoms with Crippen molar-refractivity contribution >= 4 is 38.5 Å². The Hall–Kier alpha value is -0.370. The lowest BCUT2D eigenvalue weighted by Gasteiger charge is -2.06. The molecule has 6 heteroatoms. The molecule has 0 bridgehead atoms. The van der Waals surface area contributed by atoms with Crippen molar-refractivity contribution in [3.63, 3.8) is 0 Å². The van der Waals surface area contributed by atoms with E-state index in [1.54, 1.807) is 6.20 Å². The van der Waals surface area contributed by atoms with Gasteiger partial charge in [-0.3, -0.25) is 4.68 Å². The highest BCUT2D eigenvalue weighted by Crippen LogP contribution is 2.29. The number of alkyl halides is 1. The Bertz CT molecular complexity index is 437. The van der Waals surface area contributed by atoms with E-state index in [4.69, 9.17) is 0 Å². The SMILES string of the molecule is Cn1ncc(C(Br)Cc2ncc[nH]2)c1I. The highest BCUT2D eigenvalue weighted by Gasteiger charge is 2.15. The van der Waals surface area contributed by atoms with E-state index in [-0.39, 0.29) is 4.83 Å². The summed E-state index contributed by atoms with van der Waals surface area (Å²) in [6, 6.07) is 0. The molecule has 1 N–H and O–H groups in total. The summed E-state index contributed by atoms with van der Waals surface area (Å²) >= 11 is 5.95. The Balaban J connectivity index is 2.14. The van der Waals surface area contributed by atoms with Crippen molar-refractivity contribution < 1.29 is 0 Å². The Morgan fingerprint density at radius 3 is 3.00 bits per heavy atom. The van der Waals surface area contributed by atoms with Gasteiger partial charge in [-0.15, -0.1) is 0 Å². The quantitative estimate of drug-likeness (QED) is 0.656. The number of nitrogens with zero attached hydrogens (tertiary/aromatic N) is 3. The summed E-state index contributed by atoms with van der Waals surface area (Å²) in [5.74, 6) is 0.983. The van der Waals surface area contributed by atoms with Crippen molar-refractivity contribution in [3.05, 3.63) is 33.7 Å². The summed E-state index contributed by atoms with van der Waals surface area (Å²) in [5.41, 5.74) is 1.20. The maximum atomic E-state index is 4.22. The monoisotopic (exact) mass is 380 g/mol. The minimum atomic E-state index is 0.254. The minimum Gasteiger partial charge on any atom is -0.349 e. The molecular weight excluding hydrogens is 371 g/mol. The van der Waals surface area contributed by atoms with Crippen LogP contribution in [0.2, 0.25) is 0 Å². The molecule has 0 radical (unpaired) electrons. The Labute approximate surface area is 110 Å². The largest absolute Gasteiger partial charge is 0.349 e. The van der Waals surface area contributed by atoms with Crippen molar-refractivity contribution in [3.8, 4) is 0 Å². The summed E-state index contributed by atoms with van der Waals surface area (Å²) in [4.78, 5) is 7.55. The Morgan fingerprint density at radius 1 is 1.67 bits per heavy atom. The van der Waals surface area contributed by atoms with E-state index in [2.05, 4.69) is 53.6 Å². The van der Waals surface area contributed by atoms with E-state index >= 15 is 0 Å². The number of aromatic nitrogens is 4. The van der Waals surface area contributed by atoms with Crippen molar-refractivity contribution in [2.45, 2.75) is 11.2 Å². The molecule has 1 unspecified atom stereocenters. The lowest BCUT2D eigenvalue weighted by molar-refractivity contribution is 0.744. The van der Waals surface area contributed by atoms with Crippen molar-refractivity contribution in [1.82, 2.24) is 19.7 Å². The Morgan fingerprint density at radius 2 is 2.47 bits per heavy atom. The predicted octanol–water partition coefficient (Wildman–Crippen LogP) is 2.43. The van der Waals surface area contributed by atoms with Gasteiger partial charge >= 0.3 is 0 Å². The second-order valence-corrected chi connectivity index (χ2v) is 5.35. The highest BCUT2D eigenvalue weighted by atomic mass is 127. The Kier molecular flexibility index (Phi) is 3.45. The molecule has 2 aromatic heterocycles. The zero-order valence-electron chi connectivity index (χ0n) is 8.11. The summed E-state index contributed by atoms with van der Waals surface area (Å²) in [6.07, 6.45) is 6.34. The average Bonchev–Trinajstić information content (AvgIpc) is 2.79. The summed E-state index contributed by atoms with van der Waals surface area (Å²) in [6.45, 7) is 0. The van der Waals surface area contributed by atoms with Crippen molar-refractivity contribution in [2.24, 2.45) is 7.05 Å². The van der Waals surface area contributed by atoms with Gasteiger partial charge in [0.2, 0.25) is 0 Å². The molecule has 4 nitrogen and oxygen atoms in total. The molecule has 1 atom stereocenters. The molecule has 0 saturated heterocycles. The maximum Gasteiger partial charge on any atom is 0.107 e. The fourth-order valence-electron chi connectivity index (χ4n) is 1.34. The molecule has 0 saturated carbocycles. The topological polar surface area (TPSA) is 46.5 Å². The maximum absolute atomic E-state index is 4.22. The molecule has 2 rings (SSSR count). The summed E-state index contributed by atoms with van der Waals surface area (Å²) in [7, 11) is 1.94. The first kappa shape index (κ1) is 11.1. The van der Waals surface area contributed by atoms with Gasteiger partial charge in [-0.25, -0.2) is 4.98 Å². The molecule has 0 amide bonds. The van der Waals surface area contributed by atoms with Crippen LogP contribution in [-0.2, 0) is 13.5 Å². The molecule has 2 heterocycles. The molecule has 80 valence electrons. The van der Waals surface area contributed by atoms with E-state index in [1.807, 2.05) is 24.1 Å². The van der Waals surface area contributed by atoms with Crippen LogP contribution in [0.4, 0.5) is 0 Å². The van der Waals surface area contributed by atoms with Crippen LogP contribution in [-0.4, -0.2) is 19.7 Å². The third kappa shape index (κ3) is 2.41. The zero-order chi connectivity index (χ0) is 10.8. The van der Waals surface area contributed by atoms with Crippen LogP contribution in [0.3, 0.4) is 0 Å². The van der Waals surface area contributed by atoms with E-state index in [0.29, 0.717) is 0 Å². The molecule has 0 aliphatic heterocycles. The van der Waals surface area contributed by atoms with Gasteiger partial charge in [0.25, 0.3) is 0 Å². The second kappa shape index (κ2) is 4.65. The van der Waals surface area contributed by atoms with Gasteiger partial charge in [0.1, 0.15) is 9.53 Å². The first-order chi connectivity index (χ1) is 7.18. The number of aryl methyl sites for hydroxylation is 1. The average molecular weight is 381 g/mol. The van der Waals surface area contributed by atoms with Gasteiger partial charge in [-0.05, 0) is 22.6 Å². The second-order valence-electron chi connectivity index (χ2n) is 3.22. The van der Waals surface area contributed by atoms with Crippen LogP contribution in [0.5, 0.6) is 0 Å². The molecule has 15 heavy (non-hydrogen) atoms. The van der Waals surface area contributed by atoms with Crippen molar-refractivity contribution in [1.29, 1.82) is 0 Å². The number of aromatic amines is 1. The summed E-state index contributed by atoms with van der Waals surface area (Å²) in [5, 5.41) is 4.22. The number of imidazole rings is 1. The number of nitrogens with one attached hydrogen (secondary N) is 1. The third-order valence-electron chi connectivity index (χ3n) is 2.16. The number of rotatable bonds is 3. The number of H-pyrrole nitrogens is 1. The fraction of sp³-hybridized carbons (Fsp3) is 0.333. The van der Waals surface area contributed by atoms with Crippen LogP contribution in [0.1, 0.15) is 16.2 Å². The molecule has 0 aliphatic rings. The molecule has 0 aliphatic carbocycles. The normalized spacial score (nSPS) is 13.0. The third-order valence-corrected chi connectivity index (χ3v) is 4.30. The van der Waals surface area contributed by atoms with E-state index in [0.717, 1.165) is 15.9 Å². The summed E-state index contributed by atoms with van der Waals surface area (Å²) < 4.78 is 3.02. The predicted molar refractivity (Wildman–Crippen MR) is 69.9 cm³/mol. The molecule has 0 fully saturated rings. The minimum absolute atomic E-state index is 0.254. The number of halogens is 2. The first-order valence-electron chi connectivity index (χ1n) is 4.48. The van der Waals surface area contributed by atoms with Crippen LogP contribution in [0, 0.1) is 3.70 Å². The first-order valence-corrected chi connectivity index (χ1v) is 6.47. The van der Waals surface area contributed by atoms with E-state index in [1.165, 1.54) is 5.56 Å². The van der Waals surface area contributed by atoms with Gasteiger partial charge in [0.05, 0.1) is 11.0 Å². The highest BCUT2D eigenvalue weighted by molar-refractivity contribution is 14.1. The molecular formula is C9H10BrIN4. The van der Waals surface area contributed by atoms with Gasteiger partial charge in [-0.2, -0.15) is 5.10 Å². The van der Waals surface area contributed by atoms with Gasteiger partial charge < -0.3 is 4.98 Å². The van der Waals surface area contributed by atoms with Crippen molar-refractivity contribution in [2.75, 3.05) is 0 Å². The zero-order valence-corrected chi connectivity index (χ0v) is 11.9. The van der Waals surface area contributed by atoms with E-state index < -0.39 is 0 Å². The number of hydrogen-bond acceptors (Lipinski definition) is 2. The van der Waals surface area contributed by atoms with E-state index in [9.17, 15) is 0 Å². The lowest BCUT2D eigenvalue weighted by atomic mass is 10.2. The van der Waals surface area contributed by atoms with Gasteiger partial charge in [0.15, 0.2) is 0 Å². The standard InChI is InChI=1S/C9H10BrIN4/c1-15-9(11)6(5-14-15)7(10)4-8-12-2-3-13-8/h2-3,5,7H,4H2,1H3,(H,12,13).